The third-order valence-corrected chi connectivity index (χ3v) is 4.79. The molecule has 1 amide bonds. The summed E-state index contributed by atoms with van der Waals surface area (Å²) < 4.78 is 4.73. The number of carbonyl (C=O) groups is 2. The van der Waals surface area contributed by atoms with Crippen LogP contribution in [0.5, 0.6) is 0 Å². The van der Waals surface area contributed by atoms with Gasteiger partial charge in [0, 0.05) is 15.8 Å². The van der Waals surface area contributed by atoms with Crippen LogP contribution in [0, 0.1) is 13.8 Å². The molecule has 110 valence electrons. The molecular formula is C15H21NO3S. The number of hydrogen-bond donors (Lipinski definition) is 0. The van der Waals surface area contributed by atoms with E-state index in [2.05, 4.69) is 0 Å². The maximum Gasteiger partial charge on any atom is 0.325 e. The van der Waals surface area contributed by atoms with E-state index in [1.54, 1.807) is 16.2 Å². The molecule has 1 fully saturated rings. The van der Waals surface area contributed by atoms with E-state index in [9.17, 15) is 9.59 Å². The van der Waals surface area contributed by atoms with Crippen molar-refractivity contribution in [2.45, 2.75) is 45.6 Å². The van der Waals surface area contributed by atoms with Crippen LogP contribution in [0.15, 0.2) is 6.07 Å². The standard InChI is InChI=1S/C15H21NO3S/c1-10-8-13(11(2)20-10)15(18)16(9-14(17)19-3)12-6-4-5-7-12/h8,12H,4-7,9H2,1-3H3. The second-order valence-electron chi connectivity index (χ2n) is 5.27. The molecule has 0 N–H and O–H groups in total. The Hall–Kier alpha value is -1.36. The number of nitrogens with zero attached hydrogens (tertiary/aromatic N) is 1. The Bertz CT molecular complexity index is 503. The van der Waals surface area contributed by atoms with Gasteiger partial charge in [-0.25, -0.2) is 0 Å². The van der Waals surface area contributed by atoms with Crippen LogP contribution in [0.1, 0.15) is 45.8 Å². The molecule has 2 rings (SSSR count). The molecule has 0 atom stereocenters. The van der Waals surface area contributed by atoms with Crippen LogP contribution in [-0.2, 0) is 9.53 Å². The van der Waals surface area contributed by atoms with E-state index in [1.807, 2.05) is 19.9 Å². The molecular weight excluding hydrogens is 274 g/mol. The number of ether oxygens (including phenoxy) is 1. The molecule has 0 unspecified atom stereocenters. The van der Waals surface area contributed by atoms with Gasteiger partial charge in [-0.1, -0.05) is 12.8 Å². The number of carbonyl (C=O) groups excluding carboxylic acids is 2. The van der Waals surface area contributed by atoms with Gasteiger partial charge in [-0.3, -0.25) is 9.59 Å². The highest BCUT2D eigenvalue weighted by molar-refractivity contribution is 7.12. The maximum absolute atomic E-state index is 12.7. The lowest BCUT2D eigenvalue weighted by atomic mass is 10.1. The predicted molar refractivity (Wildman–Crippen MR) is 79.1 cm³/mol. The highest BCUT2D eigenvalue weighted by Crippen LogP contribution is 2.28. The Morgan fingerprint density at radius 2 is 2.00 bits per heavy atom. The van der Waals surface area contributed by atoms with Gasteiger partial charge in [0.25, 0.3) is 5.91 Å². The van der Waals surface area contributed by atoms with Crippen LogP contribution in [0.4, 0.5) is 0 Å². The first-order valence-corrected chi connectivity index (χ1v) is 7.79. The van der Waals surface area contributed by atoms with E-state index < -0.39 is 0 Å². The third kappa shape index (κ3) is 3.20. The summed E-state index contributed by atoms with van der Waals surface area (Å²) in [6.45, 7) is 4.00. The zero-order chi connectivity index (χ0) is 14.7. The molecule has 0 aliphatic heterocycles. The molecule has 1 aromatic rings. The molecule has 0 bridgehead atoms. The normalized spacial score (nSPS) is 15.3. The lowest BCUT2D eigenvalue weighted by Crippen LogP contribution is -2.42. The molecule has 1 saturated carbocycles. The van der Waals surface area contributed by atoms with Crippen molar-refractivity contribution in [3.8, 4) is 0 Å². The van der Waals surface area contributed by atoms with Crippen LogP contribution >= 0.6 is 11.3 Å². The quantitative estimate of drug-likeness (QED) is 0.802. The SMILES string of the molecule is COC(=O)CN(C(=O)c1cc(C)sc1C)C1CCCC1. The maximum atomic E-state index is 12.7. The molecule has 1 aromatic heterocycles. The van der Waals surface area contributed by atoms with Crippen molar-refractivity contribution in [3.05, 3.63) is 21.4 Å². The molecule has 0 radical (unpaired) electrons. The van der Waals surface area contributed by atoms with Gasteiger partial charge in [-0.2, -0.15) is 0 Å². The monoisotopic (exact) mass is 295 g/mol. The van der Waals surface area contributed by atoms with E-state index in [-0.39, 0.29) is 24.5 Å². The van der Waals surface area contributed by atoms with E-state index in [0.717, 1.165) is 41.0 Å². The zero-order valence-corrected chi connectivity index (χ0v) is 13.1. The largest absolute Gasteiger partial charge is 0.468 e. The summed E-state index contributed by atoms with van der Waals surface area (Å²) in [5.74, 6) is -0.390. The average molecular weight is 295 g/mol. The summed E-state index contributed by atoms with van der Waals surface area (Å²) in [6, 6.07) is 2.09. The van der Waals surface area contributed by atoms with Crippen molar-refractivity contribution >= 4 is 23.2 Å². The van der Waals surface area contributed by atoms with E-state index in [1.165, 1.54) is 7.11 Å². The van der Waals surface area contributed by atoms with Gasteiger partial charge in [-0.05, 0) is 32.8 Å². The highest BCUT2D eigenvalue weighted by Gasteiger charge is 2.30. The van der Waals surface area contributed by atoms with Gasteiger partial charge in [0.15, 0.2) is 0 Å². The Morgan fingerprint density at radius 3 is 2.50 bits per heavy atom. The fourth-order valence-corrected chi connectivity index (χ4v) is 3.70. The highest BCUT2D eigenvalue weighted by atomic mass is 32.1. The third-order valence-electron chi connectivity index (χ3n) is 3.82. The lowest BCUT2D eigenvalue weighted by molar-refractivity contribution is -0.141. The Balaban J connectivity index is 2.22. The van der Waals surface area contributed by atoms with Crippen molar-refractivity contribution in [1.82, 2.24) is 4.90 Å². The van der Waals surface area contributed by atoms with Crippen molar-refractivity contribution in [2.24, 2.45) is 0 Å². The van der Waals surface area contributed by atoms with Crippen LogP contribution < -0.4 is 0 Å². The Kier molecular flexibility index (Phi) is 4.81. The molecule has 0 aromatic carbocycles. The van der Waals surface area contributed by atoms with Crippen molar-refractivity contribution in [2.75, 3.05) is 13.7 Å². The molecule has 20 heavy (non-hydrogen) atoms. The summed E-state index contributed by atoms with van der Waals surface area (Å²) in [4.78, 5) is 28.2. The zero-order valence-electron chi connectivity index (χ0n) is 12.3. The van der Waals surface area contributed by atoms with Crippen molar-refractivity contribution in [1.29, 1.82) is 0 Å². The summed E-state index contributed by atoms with van der Waals surface area (Å²) in [5, 5.41) is 0. The minimum absolute atomic E-state index is 0.0378. The predicted octanol–water partition coefficient (Wildman–Crippen LogP) is 2.92. The second kappa shape index (κ2) is 6.39. The first-order chi connectivity index (χ1) is 9.52. The van der Waals surface area contributed by atoms with Crippen LogP contribution in [-0.4, -0.2) is 36.5 Å². The topological polar surface area (TPSA) is 46.6 Å². The molecule has 1 aliphatic carbocycles. The summed E-state index contributed by atoms with van der Waals surface area (Å²) >= 11 is 1.62. The second-order valence-corrected chi connectivity index (χ2v) is 6.73. The number of esters is 1. The van der Waals surface area contributed by atoms with Crippen LogP contribution in [0.25, 0.3) is 0 Å². The van der Waals surface area contributed by atoms with Crippen molar-refractivity contribution in [3.63, 3.8) is 0 Å². The lowest BCUT2D eigenvalue weighted by Gasteiger charge is -2.27. The van der Waals surface area contributed by atoms with Crippen LogP contribution in [0.3, 0.4) is 0 Å². The van der Waals surface area contributed by atoms with E-state index in [0.29, 0.717) is 0 Å². The molecule has 1 aliphatic rings. The van der Waals surface area contributed by atoms with Gasteiger partial charge in [0.1, 0.15) is 6.54 Å². The average Bonchev–Trinajstić information content (AvgIpc) is 3.04. The minimum atomic E-state index is -0.352. The Labute approximate surface area is 123 Å². The number of hydrogen-bond acceptors (Lipinski definition) is 4. The summed E-state index contributed by atoms with van der Waals surface area (Å²) in [5.41, 5.74) is 0.725. The van der Waals surface area contributed by atoms with Gasteiger partial charge in [0.05, 0.1) is 12.7 Å². The summed E-state index contributed by atoms with van der Waals surface area (Å²) in [7, 11) is 1.36. The minimum Gasteiger partial charge on any atom is -0.468 e. The fourth-order valence-electron chi connectivity index (χ4n) is 2.78. The van der Waals surface area contributed by atoms with E-state index in [4.69, 9.17) is 4.74 Å². The van der Waals surface area contributed by atoms with Gasteiger partial charge in [-0.15, -0.1) is 11.3 Å². The molecule has 5 heteroatoms. The van der Waals surface area contributed by atoms with Crippen LogP contribution in [0.2, 0.25) is 0 Å². The van der Waals surface area contributed by atoms with Gasteiger partial charge in [0.2, 0.25) is 0 Å². The smallest absolute Gasteiger partial charge is 0.325 e. The van der Waals surface area contributed by atoms with Gasteiger partial charge < -0.3 is 9.64 Å². The number of amides is 1. The number of methoxy groups -OCH3 is 1. The molecule has 0 saturated heterocycles. The van der Waals surface area contributed by atoms with Crippen molar-refractivity contribution < 1.29 is 14.3 Å². The molecule has 1 heterocycles. The number of thiophene rings is 1. The molecule has 0 spiro atoms. The van der Waals surface area contributed by atoms with E-state index >= 15 is 0 Å². The summed E-state index contributed by atoms with van der Waals surface area (Å²) in [6.07, 6.45) is 4.20. The number of aryl methyl sites for hydroxylation is 2. The Morgan fingerprint density at radius 1 is 1.35 bits per heavy atom. The first-order valence-electron chi connectivity index (χ1n) is 6.97. The van der Waals surface area contributed by atoms with Gasteiger partial charge >= 0.3 is 5.97 Å². The first kappa shape index (κ1) is 15.0. The fraction of sp³-hybridized carbons (Fsp3) is 0.600. The number of rotatable bonds is 4. The molecule has 4 nitrogen and oxygen atoms in total.